The smallest absolute Gasteiger partial charge is 0.265 e. The second-order valence-corrected chi connectivity index (χ2v) is 8.01. The fraction of sp³-hybridized carbons (Fsp3) is 0.333. The standard InChI is InChI=1S/C18H20N2O4S/c1-2-3-4-14-5-9-17(10-6-14)25(23,24)19-12-11-15-7-8-16(20(21)22)13-18(15)19/h5-10,13H,2-4,11-12H2,1H3. The number of hydrogen-bond donors (Lipinski definition) is 0. The highest BCUT2D eigenvalue weighted by Crippen LogP contribution is 2.35. The van der Waals surface area contributed by atoms with Crippen LogP contribution in [0, 0.1) is 10.1 Å². The van der Waals surface area contributed by atoms with Crippen LogP contribution in [0.5, 0.6) is 0 Å². The van der Waals surface area contributed by atoms with Crippen molar-refractivity contribution >= 4 is 21.4 Å². The number of aryl methyl sites for hydroxylation is 1. The third-order valence-electron chi connectivity index (χ3n) is 4.46. The Balaban J connectivity index is 1.92. The van der Waals surface area contributed by atoms with E-state index in [0.29, 0.717) is 18.7 Å². The Morgan fingerprint density at radius 1 is 1.16 bits per heavy atom. The topological polar surface area (TPSA) is 80.5 Å². The molecule has 0 saturated carbocycles. The lowest BCUT2D eigenvalue weighted by Gasteiger charge is -2.19. The average Bonchev–Trinajstić information content (AvgIpc) is 3.04. The van der Waals surface area contributed by atoms with Crippen molar-refractivity contribution < 1.29 is 13.3 Å². The fourth-order valence-electron chi connectivity index (χ4n) is 3.04. The minimum atomic E-state index is -3.72. The highest BCUT2D eigenvalue weighted by Gasteiger charge is 2.32. The van der Waals surface area contributed by atoms with Gasteiger partial charge in [0.2, 0.25) is 0 Å². The molecule has 0 saturated heterocycles. The zero-order valence-electron chi connectivity index (χ0n) is 14.0. The van der Waals surface area contributed by atoms with E-state index in [4.69, 9.17) is 0 Å². The lowest BCUT2D eigenvalue weighted by Crippen LogP contribution is -2.29. The molecule has 0 amide bonds. The summed E-state index contributed by atoms with van der Waals surface area (Å²) < 4.78 is 27.2. The maximum absolute atomic E-state index is 13.0. The molecule has 2 aromatic carbocycles. The lowest BCUT2D eigenvalue weighted by molar-refractivity contribution is -0.384. The molecule has 1 aliphatic heterocycles. The van der Waals surface area contributed by atoms with Crippen LogP contribution in [0.15, 0.2) is 47.4 Å². The summed E-state index contributed by atoms with van der Waals surface area (Å²) in [6.45, 7) is 2.42. The van der Waals surface area contributed by atoms with E-state index >= 15 is 0 Å². The molecule has 1 heterocycles. The van der Waals surface area contributed by atoms with Gasteiger partial charge in [0.15, 0.2) is 0 Å². The van der Waals surface area contributed by atoms with Gasteiger partial charge in [0, 0.05) is 18.7 Å². The number of non-ortho nitro benzene ring substituents is 1. The van der Waals surface area contributed by atoms with E-state index in [2.05, 4.69) is 6.92 Å². The number of rotatable bonds is 6. The summed E-state index contributed by atoms with van der Waals surface area (Å²) in [5.74, 6) is 0. The van der Waals surface area contributed by atoms with Crippen LogP contribution in [0.2, 0.25) is 0 Å². The van der Waals surface area contributed by atoms with E-state index in [1.807, 2.05) is 12.1 Å². The molecule has 3 rings (SSSR count). The first-order valence-corrected chi connectivity index (χ1v) is 9.76. The number of fused-ring (bicyclic) bond motifs is 1. The molecule has 0 spiro atoms. The molecule has 0 radical (unpaired) electrons. The van der Waals surface area contributed by atoms with Crippen molar-refractivity contribution in [2.24, 2.45) is 0 Å². The average molecular weight is 360 g/mol. The quantitative estimate of drug-likeness (QED) is 0.581. The van der Waals surface area contributed by atoms with Crippen LogP contribution in [-0.4, -0.2) is 19.9 Å². The van der Waals surface area contributed by atoms with Gasteiger partial charge in [-0.25, -0.2) is 8.42 Å². The van der Waals surface area contributed by atoms with Gasteiger partial charge >= 0.3 is 0 Å². The number of nitro benzene ring substituents is 1. The molecule has 6 nitrogen and oxygen atoms in total. The van der Waals surface area contributed by atoms with Crippen molar-refractivity contribution in [3.05, 3.63) is 63.7 Å². The van der Waals surface area contributed by atoms with Gasteiger partial charge in [0.05, 0.1) is 15.5 Å². The Kier molecular flexibility index (Phi) is 4.76. The molecule has 0 aromatic heterocycles. The van der Waals surface area contributed by atoms with E-state index in [9.17, 15) is 18.5 Å². The first kappa shape index (κ1) is 17.4. The maximum atomic E-state index is 13.0. The van der Waals surface area contributed by atoms with Crippen LogP contribution in [0.1, 0.15) is 30.9 Å². The first-order valence-electron chi connectivity index (χ1n) is 8.32. The molecule has 0 N–H and O–H groups in total. The molecule has 2 aromatic rings. The van der Waals surface area contributed by atoms with Crippen molar-refractivity contribution in [2.75, 3.05) is 10.8 Å². The van der Waals surface area contributed by atoms with Gasteiger partial charge in [0.1, 0.15) is 0 Å². The number of benzene rings is 2. The van der Waals surface area contributed by atoms with Crippen molar-refractivity contribution in [2.45, 2.75) is 37.5 Å². The Morgan fingerprint density at radius 2 is 1.88 bits per heavy atom. The third-order valence-corrected chi connectivity index (χ3v) is 6.29. The predicted octanol–water partition coefficient (Wildman–Crippen LogP) is 3.69. The van der Waals surface area contributed by atoms with Crippen molar-refractivity contribution in [1.82, 2.24) is 0 Å². The molecule has 0 unspecified atom stereocenters. The monoisotopic (exact) mass is 360 g/mol. The summed E-state index contributed by atoms with van der Waals surface area (Å²) >= 11 is 0. The minimum absolute atomic E-state index is 0.101. The summed E-state index contributed by atoms with van der Waals surface area (Å²) in [5, 5.41) is 11.0. The van der Waals surface area contributed by atoms with Crippen LogP contribution in [0.3, 0.4) is 0 Å². The second kappa shape index (κ2) is 6.84. The van der Waals surface area contributed by atoms with Gasteiger partial charge in [-0.2, -0.15) is 0 Å². The molecule has 0 aliphatic carbocycles. The highest BCUT2D eigenvalue weighted by molar-refractivity contribution is 7.92. The third kappa shape index (κ3) is 3.37. The van der Waals surface area contributed by atoms with Crippen LogP contribution in [0.25, 0.3) is 0 Å². The number of anilines is 1. The lowest BCUT2D eigenvalue weighted by atomic mass is 10.1. The van der Waals surface area contributed by atoms with E-state index in [-0.39, 0.29) is 10.6 Å². The van der Waals surface area contributed by atoms with E-state index in [1.54, 1.807) is 18.2 Å². The van der Waals surface area contributed by atoms with Gasteiger partial charge in [-0.15, -0.1) is 0 Å². The van der Waals surface area contributed by atoms with E-state index in [1.165, 1.54) is 16.4 Å². The van der Waals surface area contributed by atoms with Crippen LogP contribution in [0.4, 0.5) is 11.4 Å². The largest absolute Gasteiger partial charge is 0.271 e. The molecule has 7 heteroatoms. The highest BCUT2D eigenvalue weighted by atomic mass is 32.2. The maximum Gasteiger partial charge on any atom is 0.271 e. The van der Waals surface area contributed by atoms with Gasteiger partial charge in [-0.3, -0.25) is 14.4 Å². The Labute approximate surface area is 147 Å². The number of hydrogen-bond acceptors (Lipinski definition) is 4. The molecular weight excluding hydrogens is 340 g/mol. The summed E-state index contributed by atoms with van der Waals surface area (Å²) in [4.78, 5) is 10.7. The van der Waals surface area contributed by atoms with Crippen molar-refractivity contribution in [3.63, 3.8) is 0 Å². The number of sulfonamides is 1. The second-order valence-electron chi connectivity index (χ2n) is 6.14. The summed E-state index contributed by atoms with van der Waals surface area (Å²) in [7, 11) is -3.72. The number of nitrogens with zero attached hydrogens (tertiary/aromatic N) is 2. The van der Waals surface area contributed by atoms with Crippen molar-refractivity contribution in [3.8, 4) is 0 Å². The molecule has 25 heavy (non-hydrogen) atoms. The molecule has 132 valence electrons. The number of nitro groups is 1. The van der Waals surface area contributed by atoms with Crippen LogP contribution < -0.4 is 4.31 Å². The van der Waals surface area contributed by atoms with E-state index < -0.39 is 14.9 Å². The van der Waals surface area contributed by atoms with Gasteiger partial charge in [-0.05, 0) is 42.5 Å². The summed E-state index contributed by atoms with van der Waals surface area (Å²) in [6.07, 6.45) is 3.63. The molecule has 0 atom stereocenters. The van der Waals surface area contributed by atoms with Crippen LogP contribution >= 0.6 is 0 Å². The van der Waals surface area contributed by atoms with Gasteiger partial charge in [-0.1, -0.05) is 31.5 Å². The summed E-state index contributed by atoms with van der Waals surface area (Å²) in [6, 6.07) is 11.3. The van der Waals surface area contributed by atoms with Crippen LogP contribution in [-0.2, 0) is 22.9 Å². The molecule has 0 fully saturated rings. The Bertz CT molecular complexity index is 892. The SMILES string of the molecule is CCCCc1ccc(S(=O)(=O)N2CCc3ccc([N+](=O)[O-])cc32)cc1. The minimum Gasteiger partial charge on any atom is -0.265 e. The van der Waals surface area contributed by atoms with Gasteiger partial charge in [0.25, 0.3) is 15.7 Å². The molecular formula is C18H20N2O4S. The van der Waals surface area contributed by atoms with Crippen molar-refractivity contribution in [1.29, 1.82) is 0 Å². The van der Waals surface area contributed by atoms with Gasteiger partial charge < -0.3 is 0 Å². The zero-order chi connectivity index (χ0) is 18.0. The Hall–Kier alpha value is -2.41. The summed E-state index contributed by atoms with van der Waals surface area (Å²) in [5.41, 5.74) is 2.23. The Morgan fingerprint density at radius 3 is 2.52 bits per heavy atom. The zero-order valence-corrected chi connectivity index (χ0v) is 14.8. The molecule has 0 bridgehead atoms. The predicted molar refractivity (Wildman–Crippen MR) is 96.4 cm³/mol. The van der Waals surface area contributed by atoms with E-state index in [0.717, 1.165) is 30.4 Å². The fourth-order valence-corrected chi connectivity index (χ4v) is 4.53. The number of unbranched alkanes of at least 4 members (excludes halogenated alkanes) is 1. The first-order chi connectivity index (χ1) is 11.9. The molecule has 1 aliphatic rings. The normalized spacial score (nSPS) is 13.7.